The first-order valence-electron chi connectivity index (χ1n) is 5.92. The van der Waals surface area contributed by atoms with Crippen molar-refractivity contribution in [2.45, 2.75) is 17.4 Å². The highest BCUT2D eigenvalue weighted by Gasteiger charge is 2.05. The van der Waals surface area contributed by atoms with Crippen molar-refractivity contribution in [3.05, 3.63) is 65.2 Å². The molecule has 3 heteroatoms. The maximum absolute atomic E-state index is 6.14. The molecule has 0 heterocycles. The van der Waals surface area contributed by atoms with E-state index in [0.29, 0.717) is 0 Å². The molecular weight excluding hydrogens is 262 g/mol. The van der Waals surface area contributed by atoms with Crippen molar-refractivity contribution in [2.75, 3.05) is 5.75 Å². The lowest BCUT2D eigenvalue weighted by atomic mass is 10.1. The maximum Gasteiger partial charge on any atom is 0.0417 e. The Labute approximate surface area is 117 Å². The van der Waals surface area contributed by atoms with Crippen molar-refractivity contribution < 1.29 is 0 Å². The summed E-state index contributed by atoms with van der Waals surface area (Å²) in [6.07, 6.45) is 0.911. The number of benzene rings is 2. The molecule has 0 spiro atoms. The van der Waals surface area contributed by atoms with Crippen molar-refractivity contribution in [2.24, 2.45) is 5.73 Å². The van der Waals surface area contributed by atoms with E-state index in [4.69, 9.17) is 17.3 Å². The molecule has 18 heavy (non-hydrogen) atoms. The summed E-state index contributed by atoms with van der Waals surface area (Å²) in [7, 11) is 0. The molecule has 2 aromatic rings. The first-order chi connectivity index (χ1) is 8.74. The minimum absolute atomic E-state index is 0.163. The lowest BCUT2D eigenvalue weighted by Crippen LogP contribution is -2.25. The van der Waals surface area contributed by atoms with Gasteiger partial charge in [-0.15, -0.1) is 11.8 Å². The third-order valence-electron chi connectivity index (χ3n) is 2.60. The number of nitrogens with two attached hydrogens (primary N) is 1. The number of thioether (sulfide) groups is 1. The molecule has 2 N–H and O–H groups in total. The Morgan fingerprint density at radius 3 is 2.56 bits per heavy atom. The van der Waals surface area contributed by atoms with Crippen LogP contribution in [0.25, 0.3) is 0 Å². The smallest absolute Gasteiger partial charge is 0.0417 e. The number of hydrogen-bond donors (Lipinski definition) is 1. The Bertz CT molecular complexity index is 487. The van der Waals surface area contributed by atoms with Gasteiger partial charge in [0.05, 0.1) is 0 Å². The molecule has 1 atom stereocenters. The van der Waals surface area contributed by atoms with Gasteiger partial charge in [0, 0.05) is 21.7 Å². The van der Waals surface area contributed by atoms with Crippen LogP contribution in [-0.4, -0.2) is 11.8 Å². The van der Waals surface area contributed by atoms with Crippen molar-refractivity contribution in [1.29, 1.82) is 0 Å². The van der Waals surface area contributed by atoms with Gasteiger partial charge < -0.3 is 5.73 Å². The fourth-order valence-corrected chi connectivity index (χ4v) is 2.90. The summed E-state index contributed by atoms with van der Waals surface area (Å²) in [5, 5.41) is 0.775. The molecule has 0 aliphatic carbocycles. The fourth-order valence-electron chi connectivity index (χ4n) is 1.74. The number of rotatable bonds is 5. The topological polar surface area (TPSA) is 26.0 Å². The molecule has 1 unspecified atom stereocenters. The fraction of sp³-hybridized carbons (Fsp3) is 0.200. The molecule has 0 bridgehead atoms. The number of hydrogen-bond acceptors (Lipinski definition) is 2. The largest absolute Gasteiger partial charge is 0.327 e. The Morgan fingerprint density at radius 1 is 1.06 bits per heavy atom. The normalized spacial score (nSPS) is 12.3. The zero-order chi connectivity index (χ0) is 12.8. The second-order valence-corrected chi connectivity index (χ2v) is 5.75. The van der Waals surface area contributed by atoms with Gasteiger partial charge in [-0.3, -0.25) is 0 Å². The summed E-state index contributed by atoms with van der Waals surface area (Å²) in [6.45, 7) is 0. The van der Waals surface area contributed by atoms with E-state index in [1.165, 1.54) is 10.5 Å². The highest BCUT2D eigenvalue weighted by atomic mass is 35.5. The molecule has 94 valence electrons. The van der Waals surface area contributed by atoms with Crippen molar-refractivity contribution in [1.82, 2.24) is 0 Å². The van der Waals surface area contributed by atoms with Gasteiger partial charge in [-0.2, -0.15) is 0 Å². The first kappa shape index (κ1) is 13.5. The van der Waals surface area contributed by atoms with Crippen LogP contribution in [-0.2, 0) is 6.42 Å². The van der Waals surface area contributed by atoms with Crippen molar-refractivity contribution >= 4 is 23.4 Å². The van der Waals surface area contributed by atoms with Gasteiger partial charge in [0.15, 0.2) is 0 Å². The van der Waals surface area contributed by atoms with E-state index in [0.717, 1.165) is 17.2 Å². The molecule has 2 aromatic carbocycles. The van der Waals surface area contributed by atoms with Crippen LogP contribution < -0.4 is 5.73 Å². The standard InChI is InChI=1S/C15H16ClNS/c16-13-7-4-8-15(10-13)18-11-14(17)9-12-5-2-1-3-6-12/h1-8,10,14H,9,11,17H2. The van der Waals surface area contributed by atoms with E-state index in [-0.39, 0.29) is 6.04 Å². The minimum atomic E-state index is 0.163. The minimum Gasteiger partial charge on any atom is -0.327 e. The van der Waals surface area contributed by atoms with Gasteiger partial charge in [0.25, 0.3) is 0 Å². The molecule has 0 aliphatic heterocycles. The van der Waals surface area contributed by atoms with Gasteiger partial charge in [0.1, 0.15) is 0 Å². The molecule has 0 fully saturated rings. The molecule has 1 nitrogen and oxygen atoms in total. The zero-order valence-corrected chi connectivity index (χ0v) is 11.6. The van der Waals surface area contributed by atoms with Crippen LogP contribution >= 0.6 is 23.4 Å². The van der Waals surface area contributed by atoms with Gasteiger partial charge >= 0.3 is 0 Å². The van der Waals surface area contributed by atoms with Gasteiger partial charge in [0.2, 0.25) is 0 Å². The summed E-state index contributed by atoms with van der Waals surface area (Å²) in [5.41, 5.74) is 7.43. The molecule has 0 aromatic heterocycles. The van der Waals surface area contributed by atoms with Gasteiger partial charge in [-0.05, 0) is 30.2 Å². The van der Waals surface area contributed by atoms with E-state index in [1.807, 2.05) is 36.4 Å². The first-order valence-corrected chi connectivity index (χ1v) is 7.28. The second-order valence-electron chi connectivity index (χ2n) is 4.22. The van der Waals surface area contributed by atoms with Crippen molar-refractivity contribution in [3.63, 3.8) is 0 Å². The van der Waals surface area contributed by atoms with Crippen LogP contribution in [0.5, 0.6) is 0 Å². The van der Waals surface area contributed by atoms with E-state index < -0.39 is 0 Å². The Morgan fingerprint density at radius 2 is 1.83 bits per heavy atom. The van der Waals surface area contributed by atoms with E-state index in [2.05, 4.69) is 18.2 Å². The summed E-state index contributed by atoms with van der Waals surface area (Å²) in [6, 6.07) is 18.4. The Hall–Kier alpha value is -0.960. The van der Waals surface area contributed by atoms with E-state index >= 15 is 0 Å². The SMILES string of the molecule is NC(CSc1cccc(Cl)c1)Cc1ccccc1. The highest BCUT2D eigenvalue weighted by Crippen LogP contribution is 2.22. The van der Waals surface area contributed by atoms with Crippen LogP contribution in [0.2, 0.25) is 5.02 Å². The summed E-state index contributed by atoms with van der Waals surface area (Å²) < 4.78 is 0. The lowest BCUT2D eigenvalue weighted by Gasteiger charge is -2.11. The average molecular weight is 278 g/mol. The highest BCUT2D eigenvalue weighted by molar-refractivity contribution is 7.99. The van der Waals surface area contributed by atoms with Crippen LogP contribution in [0, 0.1) is 0 Å². The predicted octanol–water partition coefficient (Wildman–Crippen LogP) is 4.00. The van der Waals surface area contributed by atoms with Crippen LogP contribution in [0.1, 0.15) is 5.56 Å². The summed E-state index contributed by atoms with van der Waals surface area (Å²) in [5.74, 6) is 0.898. The van der Waals surface area contributed by atoms with E-state index in [9.17, 15) is 0 Å². The third-order valence-corrected chi connectivity index (χ3v) is 4.02. The van der Waals surface area contributed by atoms with Crippen molar-refractivity contribution in [3.8, 4) is 0 Å². The zero-order valence-electron chi connectivity index (χ0n) is 10.1. The lowest BCUT2D eigenvalue weighted by molar-refractivity contribution is 0.749. The Balaban J connectivity index is 1.83. The van der Waals surface area contributed by atoms with E-state index in [1.54, 1.807) is 11.8 Å². The molecule has 0 saturated carbocycles. The molecular formula is C15H16ClNS. The molecule has 0 saturated heterocycles. The molecule has 0 radical (unpaired) electrons. The van der Waals surface area contributed by atoms with Crippen LogP contribution in [0.4, 0.5) is 0 Å². The van der Waals surface area contributed by atoms with Gasteiger partial charge in [-0.1, -0.05) is 48.0 Å². The second kappa shape index (κ2) is 6.83. The number of halogens is 1. The average Bonchev–Trinajstić information content (AvgIpc) is 2.38. The summed E-state index contributed by atoms with van der Waals surface area (Å²) in [4.78, 5) is 1.17. The monoisotopic (exact) mass is 277 g/mol. The Kier molecular flexibility index (Phi) is 5.12. The maximum atomic E-state index is 6.14. The van der Waals surface area contributed by atoms with Gasteiger partial charge in [-0.25, -0.2) is 0 Å². The molecule has 0 amide bonds. The third kappa shape index (κ3) is 4.37. The molecule has 2 rings (SSSR count). The van der Waals surface area contributed by atoms with Crippen LogP contribution in [0.15, 0.2) is 59.5 Å². The predicted molar refractivity (Wildman–Crippen MR) is 80.3 cm³/mol. The quantitative estimate of drug-likeness (QED) is 0.836. The van der Waals surface area contributed by atoms with Crippen LogP contribution in [0.3, 0.4) is 0 Å². The molecule has 0 aliphatic rings. The summed E-state index contributed by atoms with van der Waals surface area (Å²) >= 11 is 7.70.